The van der Waals surface area contributed by atoms with Crippen LogP contribution in [0.3, 0.4) is 0 Å². The average Bonchev–Trinajstić information content (AvgIpc) is 0.906. The van der Waals surface area contributed by atoms with Crippen molar-refractivity contribution in [3.63, 3.8) is 0 Å². The summed E-state index contributed by atoms with van der Waals surface area (Å²) in [6, 6.07) is 0. The molecule has 0 radical (unpaired) electrons. The number of phosphoric ester groups is 2. The molecule has 0 fully saturated rings. The first-order chi connectivity index (χ1) is 50.4. The minimum atomic E-state index is -4.97. The Bertz CT molecular complexity index is 2000. The van der Waals surface area contributed by atoms with E-state index in [2.05, 4.69) is 41.5 Å². The Morgan fingerprint density at radius 1 is 0.279 bits per heavy atom. The number of hydrogen-bond acceptors (Lipinski definition) is 15. The topological polar surface area (TPSA) is 237 Å². The number of hydrogen-bond donors (Lipinski definition) is 3. The fourth-order valence-corrected chi connectivity index (χ4v) is 14.8. The highest BCUT2D eigenvalue weighted by Crippen LogP contribution is 2.45. The quantitative estimate of drug-likeness (QED) is 0.0222. The molecule has 0 saturated heterocycles. The Hall–Kier alpha value is -1.94. The van der Waals surface area contributed by atoms with Crippen LogP contribution in [0, 0.1) is 11.8 Å². The van der Waals surface area contributed by atoms with Gasteiger partial charge in [0.05, 0.1) is 26.4 Å². The van der Waals surface area contributed by atoms with Crippen molar-refractivity contribution in [3.8, 4) is 0 Å². The Labute approximate surface area is 638 Å². The van der Waals surface area contributed by atoms with Crippen molar-refractivity contribution in [2.45, 2.75) is 471 Å². The molecule has 0 aromatic rings. The van der Waals surface area contributed by atoms with E-state index in [0.29, 0.717) is 25.7 Å². The first kappa shape index (κ1) is 102. The first-order valence-corrected chi connectivity index (χ1v) is 47.0. The molecule has 618 valence electrons. The largest absolute Gasteiger partial charge is 0.472 e. The van der Waals surface area contributed by atoms with Crippen molar-refractivity contribution in [1.29, 1.82) is 0 Å². The van der Waals surface area contributed by atoms with Crippen molar-refractivity contribution in [2.24, 2.45) is 11.8 Å². The van der Waals surface area contributed by atoms with Gasteiger partial charge in [0.1, 0.15) is 19.3 Å². The summed E-state index contributed by atoms with van der Waals surface area (Å²) in [5, 5.41) is 10.7. The first-order valence-electron chi connectivity index (χ1n) is 44.0. The Morgan fingerprint density at radius 3 is 0.731 bits per heavy atom. The lowest BCUT2D eigenvalue weighted by Crippen LogP contribution is -2.30. The van der Waals surface area contributed by atoms with Crippen molar-refractivity contribution >= 4 is 39.5 Å². The van der Waals surface area contributed by atoms with Gasteiger partial charge in [-0.15, -0.1) is 0 Å². The van der Waals surface area contributed by atoms with E-state index in [1.165, 1.54) is 270 Å². The molecule has 0 bridgehead atoms. The molecule has 0 aliphatic heterocycles. The molecular weight excluding hydrogens is 1350 g/mol. The number of aliphatic hydroxyl groups is 1. The molecule has 3 N–H and O–H groups in total. The smallest absolute Gasteiger partial charge is 0.462 e. The number of unbranched alkanes of at least 4 members (excludes halogenated alkanes) is 53. The van der Waals surface area contributed by atoms with Crippen molar-refractivity contribution in [3.05, 3.63) is 0 Å². The predicted molar refractivity (Wildman–Crippen MR) is 428 cm³/mol. The molecule has 3 unspecified atom stereocenters. The van der Waals surface area contributed by atoms with Crippen LogP contribution in [-0.2, 0) is 65.4 Å². The average molecular weight is 1520 g/mol. The number of carbonyl (C=O) groups excluding carboxylic acids is 4. The second-order valence-electron chi connectivity index (χ2n) is 31.3. The molecule has 0 aromatic carbocycles. The molecule has 0 saturated carbocycles. The zero-order chi connectivity index (χ0) is 76.4. The summed E-state index contributed by atoms with van der Waals surface area (Å²) < 4.78 is 68.9. The maximum absolute atomic E-state index is 13.1. The monoisotopic (exact) mass is 1520 g/mol. The van der Waals surface area contributed by atoms with E-state index < -0.39 is 97.5 Å². The van der Waals surface area contributed by atoms with Crippen LogP contribution in [0.4, 0.5) is 0 Å². The molecule has 0 aliphatic carbocycles. The molecule has 6 atom stereocenters. The SMILES string of the molecule is CCCCCCCCCCCCCCCCCCCC(=O)OC[C@H](COP(=O)(O)OC[C@@H](O)COP(=O)(O)OC[C@@H](COC(=O)CCCCCCCCCCCC(C)C)OC(=O)CCCCCCCCCCCCCCCCCCC)OC(=O)CCCCCCCCCCCCCCCCC(C)CC. The van der Waals surface area contributed by atoms with Crippen molar-refractivity contribution < 1.29 is 80.2 Å². The van der Waals surface area contributed by atoms with Crippen LogP contribution in [-0.4, -0.2) is 96.7 Å². The summed E-state index contributed by atoms with van der Waals surface area (Å²) in [6.07, 6.45) is 67.9. The molecule has 0 heterocycles. The molecule has 0 aromatic heterocycles. The number of phosphoric acid groups is 2. The number of ether oxygens (including phenoxy) is 4. The normalized spacial score (nSPS) is 14.1. The van der Waals surface area contributed by atoms with E-state index in [9.17, 15) is 43.2 Å². The fraction of sp³-hybridized carbons (Fsp3) is 0.953. The standard InChI is InChI=1S/C85H166O17P2/c1-7-10-12-14-16-18-20-22-24-26-28-33-37-43-49-55-61-67-82(87)95-73-80(101-85(90)70-64-58-52-45-39-35-31-30-32-36-42-48-54-60-66-78(6)9-3)75-99-103(91,92)97-71-79(86)72-98-104(93,94)100-76-81(74-96-83(88)68-62-56-50-46-40-41-47-53-59-65-77(4)5)102-84(89)69-63-57-51-44-38-34-29-27-25-23-21-19-17-15-13-11-8-2/h77-81,86H,7-76H2,1-6H3,(H,91,92)(H,93,94)/t78?,79-,80-,81-/m1/s1. The van der Waals surface area contributed by atoms with Gasteiger partial charge < -0.3 is 33.8 Å². The van der Waals surface area contributed by atoms with Crippen LogP contribution in [0.5, 0.6) is 0 Å². The third-order valence-corrected chi connectivity index (χ3v) is 22.2. The van der Waals surface area contributed by atoms with Gasteiger partial charge in [-0.05, 0) is 37.5 Å². The molecular formula is C85H166O17P2. The maximum atomic E-state index is 13.1. The summed E-state index contributed by atoms with van der Waals surface area (Å²) in [6.45, 7) is 9.71. The van der Waals surface area contributed by atoms with Crippen LogP contribution in [0.2, 0.25) is 0 Å². The molecule has 0 amide bonds. The van der Waals surface area contributed by atoms with Gasteiger partial charge in [-0.2, -0.15) is 0 Å². The number of carbonyl (C=O) groups is 4. The fourth-order valence-electron chi connectivity index (χ4n) is 13.2. The van der Waals surface area contributed by atoms with Crippen LogP contribution >= 0.6 is 15.6 Å². The van der Waals surface area contributed by atoms with E-state index in [1.54, 1.807) is 0 Å². The van der Waals surface area contributed by atoms with Crippen LogP contribution in [0.15, 0.2) is 0 Å². The maximum Gasteiger partial charge on any atom is 0.472 e. The zero-order valence-corrected chi connectivity index (χ0v) is 70.1. The summed E-state index contributed by atoms with van der Waals surface area (Å²) in [7, 11) is -9.93. The molecule has 104 heavy (non-hydrogen) atoms. The van der Waals surface area contributed by atoms with Gasteiger partial charge in [-0.1, -0.05) is 401 Å². The summed E-state index contributed by atoms with van der Waals surface area (Å²) in [5.41, 5.74) is 0. The van der Waals surface area contributed by atoms with Gasteiger partial charge in [0.15, 0.2) is 12.2 Å². The van der Waals surface area contributed by atoms with Gasteiger partial charge in [-0.3, -0.25) is 37.3 Å². The minimum Gasteiger partial charge on any atom is -0.462 e. The van der Waals surface area contributed by atoms with Crippen molar-refractivity contribution in [1.82, 2.24) is 0 Å². The Kier molecular flexibility index (Phi) is 75.0. The summed E-state index contributed by atoms with van der Waals surface area (Å²) in [5.74, 6) is -0.512. The molecule has 0 spiro atoms. The lowest BCUT2D eigenvalue weighted by atomic mass is 9.99. The third kappa shape index (κ3) is 76.8. The zero-order valence-electron chi connectivity index (χ0n) is 68.3. The van der Waals surface area contributed by atoms with E-state index in [1.807, 2.05) is 0 Å². The molecule has 0 aliphatic rings. The van der Waals surface area contributed by atoms with Crippen molar-refractivity contribution in [2.75, 3.05) is 39.6 Å². The number of esters is 4. The van der Waals surface area contributed by atoms with Crippen LogP contribution in [0.1, 0.15) is 452 Å². The highest BCUT2D eigenvalue weighted by Gasteiger charge is 2.30. The second-order valence-corrected chi connectivity index (χ2v) is 34.2. The molecule has 17 nitrogen and oxygen atoms in total. The number of aliphatic hydroxyl groups excluding tert-OH is 1. The second kappa shape index (κ2) is 76.4. The van der Waals surface area contributed by atoms with Crippen LogP contribution < -0.4 is 0 Å². The van der Waals surface area contributed by atoms with E-state index in [-0.39, 0.29) is 25.7 Å². The van der Waals surface area contributed by atoms with Crippen LogP contribution in [0.25, 0.3) is 0 Å². The van der Waals surface area contributed by atoms with Gasteiger partial charge in [-0.25, -0.2) is 9.13 Å². The Morgan fingerprint density at radius 2 is 0.490 bits per heavy atom. The molecule has 0 rings (SSSR count). The van der Waals surface area contributed by atoms with Gasteiger partial charge >= 0.3 is 39.5 Å². The highest BCUT2D eigenvalue weighted by molar-refractivity contribution is 7.47. The highest BCUT2D eigenvalue weighted by atomic mass is 31.2. The van der Waals surface area contributed by atoms with Gasteiger partial charge in [0, 0.05) is 25.7 Å². The lowest BCUT2D eigenvalue weighted by molar-refractivity contribution is -0.161. The van der Waals surface area contributed by atoms with Gasteiger partial charge in [0.25, 0.3) is 0 Å². The summed E-state index contributed by atoms with van der Waals surface area (Å²) >= 11 is 0. The van der Waals surface area contributed by atoms with E-state index in [4.69, 9.17) is 37.0 Å². The van der Waals surface area contributed by atoms with Gasteiger partial charge in [0.2, 0.25) is 0 Å². The van der Waals surface area contributed by atoms with E-state index in [0.717, 1.165) is 102 Å². The third-order valence-electron chi connectivity index (χ3n) is 20.3. The molecule has 19 heteroatoms. The minimum absolute atomic E-state index is 0.108. The predicted octanol–water partition coefficient (Wildman–Crippen LogP) is 25.8. The van der Waals surface area contributed by atoms with E-state index >= 15 is 0 Å². The Balaban J connectivity index is 5.26. The lowest BCUT2D eigenvalue weighted by Gasteiger charge is -2.21. The number of rotatable bonds is 84. The summed E-state index contributed by atoms with van der Waals surface area (Å²) in [4.78, 5) is 73.2.